The van der Waals surface area contributed by atoms with Gasteiger partial charge in [-0.15, -0.1) is 0 Å². The lowest BCUT2D eigenvalue weighted by atomic mass is 10.1. The minimum Gasteiger partial charge on any atom is -0.350 e. The van der Waals surface area contributed by atoms with Crippen LogP contribution >= 0.6 is 11.8 Å². The SMILES string of the molecule is Cc1ccc(N2CC(C(=O)Nc3c4c(nn3CC(=O)NCc3ccc(F)cc3)CSC4)CC2=O)cc1C. The van der Waals surface area contributed by atoms with E-state index in [1.54, 1.807) is 28.8 Å². The van der Waals surface area contributed by atoms with Crippen molar-refractivity contribution >= 4 is 41.0 Å². The number of nitrogens with one attached hydrogen (secondary N) is 2. The summed E-state index contributed by atoms with van der Waals surface area (Å²) in [4.78, 5) is 40.3. The highest BCUT2D eigenvalue weighted by atomic mass is 32.2. The number of hydrogen-bond donors (Lipinski definition) is 2. The number of fused-ring (bicyclic) bond motifs is 1. The molecule has 2 aliphatic heterocycles. The number of amides is 3. The predicted molar refractivity (Wildman–Crippen MR) is 140 cm³/mol. The average Bonchev–Trinajstić information content (AvgIpc) is 3.57. The van der Waals surface area contributed by atoms with Crippen molar-refractivity contribution in [3.8, 4) is 0 Å². The Morgan fingerprint density at radius 1 is 1.11 bits per heavy atom. The first-order valence-electron chi connectivity index (χ1n) is 12.1. The molecular weight excluding hydrogens is 493 g/mol. The third-order valence-corrected chi connectivity index (χ3v) is 7.83. The molecule has 1 unspecified atom stereocenters. The van der Waals surface area contributed by atoms with Gasteiger partial charge in [-0.3, -0.25) is 14.4 Å². The van der Waals surface area contributed by atoms with Gasteiger partial charge in [0.25, 0.3) is 0 Å². The highest BCUT2D eigenvalue weighted by molar-refractivity contribution is 7.98. The molecule has 3 amide bonds. The summed E-state index contributed by atoms with van der Waals surface area (Å²) in [5.74, 6) is 0.468. The summed E-state index contributed by atoms with van der Waals surface area (Å²) in [5, 5.41) is 10.4. The van der Waals surface area contributed by atoms with Crippen LogP contribution in [0.5, 0.6) is 0 Å². The van der Waals surface area contributed by atoms with E-state index in [1.165, 1.54) is 16.8 Å². The zero-order valence-corrected chi connectivity index (χ0v) is 21.5. The Morgan fingerprint density at radius 3 is 2.65 bits per heavy atom. The Balaban J connectivity index is 1.26. The van der Waals surface area contributed by atoms with Crippen molar-refractivity contribution in [1.29, 1.82) is 0 Å². The summed E-state index contributed by atoms with van der Waals surface area (Å²) in [6, 6.07) is 11.8. The lowest BCUT2D eigenvalue weighted by Gasteiger charge is -2.18. The fourth-order valence-corrected chi connectivity index (χ4v) is 5.59. The number of hydrogen-bond acceptors (Lipinski definition) is 5. The van der Waals surface area contributed by atoms with E-state index in [0.717, 1.165) is 33.6 Å². The van der Waals surface area contributed by atoms with E-state index in [4.69, 9.17) is 0 Å². The molecule has 2 aliphatic rings. The normalized spacial score (nSPS) is 16.7. The maximum Gasteiger partial charge on any atom is 0.242 e. The van der Waals surface area contributed by atoms with E-state index in [0.29, 0.717) is 23.9 Å². The Bertz CT molecular complexity index is 1370. The second-order valence-electron chi connectivity index (χ2n) is 9.49. The molecule has 5 rings (SSSR count). The van der Waals surface area contributed by atoms with Crippen LogP contribution in [-0.2, 0) is 39.0 Å². The number of thioether (sulfide) groups is 1. The van der Waals surface area contributed by atoms with Crippen LogP contribution in [0.25, 0.3) is 0 Å². The molecule has 192 valence electrons. The molecule has 3 aromatic rings. The lowest BCUT2D eigenvalue weighted by Crippen LogP contribution is -2.31. The zero-order chi connectivity index (χ0) is 26.1. The van der Waals surface area contributed by atoms with Crippen molar-refractivity contribution in [2.24, 2.45) is 5.92 Å². The first-order valence-corrected chi connectivity index (χ1v) is 13.3. The van der Waals surface area contributed by atoms with Gasteiger partial charge in [0.2, 0.25) is 17.7 Å². The minimum absolute atomic E-state index is 0.0627. The van der Waals surface area contributed by atoms with E-state index in [-0.39, 0.29) is 43.0 Å². The summed E-state index contributed by atoms with van der Waals surface area (Å²) < 4.78 is 14.6. The standard InChI is InChI=1S/C27H28FN5O3S/c1-16-3-8-21(9-17(16)2)32-12-19(10-25(32)35)27(36)30-26-22-14-37-15-23(22)31-33(26)13-24(34)29-11-18-4-6-20(28)7-5-18/h3-9,19H,10-15H2,1-2H3,(H,29,34)(H,30,36). The number of carbonyl (C=O) groups is 3. The Kier molecular flexibility index (Phi) is 7.01. The number of benzene rings is 2. The van der Waals surface area contributed by atoms with E-state index < -0.39 is 5.92 Å². The van der Waals surface area contributed by atoms with Crippen LogP contribution < -0.4 is 15.5 Å². The van der Waals surface area contributed by atoms with Gasteiger partial charge in [-0.25, -0.2) is 9.07 Å². The highest BCUT2D eigenvalue weighted by Gasteiger charge is 2.36. The molecular formula is C27H28FN5O3S. The van der Waals surface area contributed by atoms with Gasteiger partial charge in [0.1, 0.15) is 18.2 Å². The largest absolute Gasteiger partial charge is 0.350 e. The van der Waals surface area contributed by atoms with Crippen molar-refractivity contribution in [1.82, 2.24) is 15.1 Å². The summed E-state index contributed by atoms with van der Waals surface area (Å²) >= 11 is 1.70. The fourth-order valence-electron chi connectivity index (χ4n) is 4.56. The third kappa shape index (κ3) is 5.39. The van der Waals surface area contributed by atoms with Crippen LogP contribution in [0.15, 0.2) is 42.5 Å². The van der Waals surface area contributed by atoms with Crippen LogP contribution in [-0.4, -0.2) is 34.0 Å². The minimum atomic E-state index is -0.505. The Morgan fingerprint density at radius 2 is 1.89 bits per heavy atom. The molecule has 10 heteroatoms. The topological polar surface area (TPSA) is 96.3 Å². The van der Waals surface area contributed by atoms with Crippen molar-refractivity contribution < 1.29 is 18.8 Å². The van der Waals surface area contributed by atoms with Crippen molar-refractivity contribution in [2.75, 3.05) is 16.8 Å². The van der Waals surface area contributed by atoms with Crippen LogP contribution in [0.1, 0.15) is 34.4 Å². The number of carbonyl (C=O) groups excluding carboxylic acids is 3. The number of anilines is 2. The highest BCUT2D eigenvalue weighted by Crippen LogP contribution is 2.35. The van der Waals surface area contributed by atoms with Crippen LogP contribution in [0.4, 0.5) is 15.9 Å². The van der Waals surface area contributed by atoms with E-state index >= 15 is 0 Å². The molecule has 3 heterocycles. The molecule has 37 heavy (non-hydrogen) atoms. The first kappa shape index (κ1) is 25.0. The molecule has 1 saturated heterocycles. The van der Waals surface area contributed by atoms with E-state index in [9.17, 15) is 18.8 Å². The van der Waals surface area contributed by atoms with Gasteiger partial charge in [0.15, 0.2) is 0 Å². The quantitative estimate of drug-likeness (QED) is 0.494. The van der Waals surface area contributed by atoms with E-state index in [2.05, 4.69) is 15.7 Å². The maximum atomic E-state index is 13.3. The summed E-state index contributed by atoms with van der Waals surface area (Å²) in [6.45, 7) is 4.52. The van der Waals surface area contributed by atoms with Crippen LogP contribution in [0.3, 0.4) is 0 Å². The van der Waals surface area contributed by atoms with Gasteiger partial charge in [-0.05, 0) is 54.8 Å². The monoisotopic (exact) mass is 521 g/mol. The number of nitrogens with zero attached hydrogens (tertiary/aromatic N) is 3. The average molecular weight is 522 g/mol. The second kappa shape index (κ2) is 10.4. The molecule has 1 atom stereocenters. The molecule has 0 saturated carbocycles. The first-order chi connectivity index (χ1) is 17.8. The molecule has 8 nitrogen and oxygen atoms in total. The molecule has 1 fully saturated rings. The van der Waals surface area contributed by atoms with Gasteiger partial charge in [-0.2, -0.15) is 16.9 Å². The van der Waals surface area contributed by atoms with Gasteiger partial charge in [0, 0.05) is 42.3 Å². The van der Waals surface area contributed by atoms with Gasteiger partial charge < -0.3 is 15.5 Å². The molecule has 0 aliphatic carbocycles. The van der Waals surface area contributed by atoms with Crippen molar-refractivity contribution in [3.05, 3.63) is 76.2 Å². The molecule has 2 N–H and O–H groups in total. The van der Waals surface area contributed by atoms with Gasteiger partial charge in [0.05, 0.1) is 11.6 Å². The second-order valence-corrected chi connectivity index (χ2v) is 10.5. The van der Waals surface area contributed by atoms with Gasteiger partial charge in [-0.1, -0.05) is 18.2 Å². The predicted octanol–water partition coefficient (Wildman–Crippen LogP) is 3.69. The summed E-state index contributed by atoms with van der Waals surface area (Å²) in [6.07, 6.45) is 0.127. The Labute approximate surface area is 218 Å². The number of aromatic nitrogens is 2. The number of aryl methyl sites for hydroxylation is 2. The summed E-state index contributed by atoms with van der Waals surface area (Å²) in [5.41, 5.74) is 5.58. The smallest absolute Gasteiger partial charge is 0.242 e. The zero-order valence-electron chi connectivity index (χ0n) is 20.7. The number of halogens is 1. The van der Waals surface area contributed by atoms with Gasteiger partial charge >= 0.3 is 0 Å². The molecule has 1 aromatic heterocycles. The molecule has 2 aromatic carbocycles. The number of rotatable bonds is 7. The molecule has 0 spiro atoms. The van der Waals surface area contributed by atoms with Crippen molar-refractivity contribution in [2.45, 2.75) is 44.9 Å². The third-order valence-electron chi connectivity index (χ3n) is 6.85. The fraction of sp³-hybridized carbons (Fsp3) is 0.333. The van der Waals surface area contributed by atoms with Crippen LogP contribution in [0.2, 0.25) is 0 Å². The molecule has 0 radical (unpaired) electrons. The van der Waals surface area contributed by atoms with Crippen LogP contribution in [0, 0.1) is 25.6 Å². The van der Waals surface area contributed by atoms with Crippen molar-refractivity contribution in [3.63, 3.8) is 0 Å². The maximum absolute atomic E-state index is 13.3. The molecule has 0 bridgehead atoms. The Hall–Kier alpha value is -3.66. The summed E-state index contributed by atoms with van der Waals surface area (Å²) in [7, 11) is 0. The van der Waals surface area contributed by atoms with E-state index in [1.807, 2.05) is 32.0 Å². The lowest BCUT2D eigenvalue weighted by molar-refractivity contribution is -0.122.